The molecule has 1 heterocycles. The number of nitrogens with two attached hydrogens (primary N) is 1. The summed E-state index contributed by atoms with van der Waals surface area (Å²) in [5.41, 5.74) is 5.27. The zero-order valence-electron chi connectivity index (χ0n) is 10.8. The van der Waals surface area contributed by atoms with Crippen LogP contribution < -0.4 is 11.1 Å². The summed E-state index contributed by atoms with van der Waals surface area (Å²) in [5, 5.41) is 11.8. The van der Waals surface area contributed by atoms with Gasteiger partial charge in [0.05, 0.1) is 6.54 Å². The van der Waals surface area contributed by atoms with Crippen LogP contribution in [0.15, 0.2) is 24.3 Å². The minimum Gasteiger partial charge on any atom is -0.480 e. The maximum absolute atomic E-state index is 11.9. The summed E-state index contributed by atoms with van der Waals surface area (Å²) in [6, 6.07) is 7.48. The summed E-state index contributed by atoms with van der Waals surface area (Å²) in [6.45, 7) is 0.863. The van der Waals surface area contributed by atoms with Gasteiger partial charge in [-0.2, -0.15) is 0 Å². The molecule has 4 N–H and O–H groups in total. The van der Waals surface area contributed by atoms with E-state index in [1.165, 1.54) is 0 Å². The third-order valence-electron chi connectivity index (χ3n) is 3.28. The Balaban J connectivity index is 1.89. The number of amides is 1. The average Bonchev–Trinajstić information content (AvgIpc) is 2.72. The van der Waals surface area contributed by atoms with E-state index in [0.717, 1.165) is 9.26 Å². The number of nitrogens with one attached hydrogen (secondary N) is 1. The van der Waals surface area contributed by atoms with Gasteiger partial charge < -0.3 is 16.2 Å². The van der Waals surface area contributed by atoms with Crippen molar-refractivity contribution in [2.45, 2.75) is 12.0 Å². The SMILES string of the molecule is NC1(C(=O)O)CCN(CC(=O)Nc2cccc(I)c2)C1. The van der Waals surface area contributed by atoms with Crippen LogP contribution in [-0.2, 0) is 9.59 Å². The molecule has 1 atom stereocenters. The molecule has 0 aromatic heterocycles. The van der Waals surface area contributed by atoms with Crippen LogP contribution in [0.4, 0.5) is 5.69 Å². The number of halogens is 1. The van der Waals surface area contributed by atoms with Gasteiger partial charge >= 0.3 is 5.97 Å². The van der Waals surface area contributed by atoms with Crippen molar-refractivity contribution >= 4 is 40.2 Å². The first-order chi connectivity index (χ1) is 9.39. The summed E-state index contributed by atoms with van der Waals surface area (Å²) in [7, 11) is 0. The second-order valence-corrected chi connectivity index (χ2v) is 6.23. The molecule has 108 valence electrons. The zero-order chi connectivity index (χ0) is 14.8. The van der Waals surface area contributed by atoms with Crippen molar-refractivity contribution in [2.24, 2.45) is 5.73 Å². The first-order valence-corrected chi connectivity index (χ1v) is 7.27. The molecule has 1 fully saturated rings. The summed E-state index contributed by atoms with van der Waals surface area (Å²) in [5.74, 6) is -1.18. The van der Waals surface area contributed by atoms with Crippen molar-refractivity contribution < 1.29 is 14.7 Å². The lowest BCUT2D eigenvalue weighted by Gasteiger charge is -2.19. The van der Waals surface area contributed by atoms with Crippen LogP contribution in [0.5, 0.6) is 0 Å². The van der Waals surface area contributed by atoms with Gasteiger partial charge in [0.25, 0.3) is 0 Å². The predicted octanol–water partition coefficient (Wildman–Crippen LogP) is 0.718. The fourth-order valence-corrected chi connectivity index (χ4v) is 2.74. The third-order valence-corrected chi connectivity index (χ3v) is 3.95. The number of carboxylic acid groups (broad SMARTS) is 1. The molecule has 0 aliphatic carbocycles. The van der Waals surface area contributed by atoms with Crippen LogP contribution in [0.2, 0.25) is 0 Å². The number of hydrogen-bond acceptors (Lipinski definition) is 4. The van der Waals surface area contributed by atoms with Gasteiger partial charge in [-0.05, 0) is 47.2 Å². The van der Waals surface area contributed by atoms with Crippen LogP contribution >= 0.6 is 22.6 Å². The number of carbonyl (C=O) groups is 2. The van der Waals surface area contributed by atoms with Crippen molar-refractivity contribution in [3.05, 3.63) is 27.8 Å². The van der Waals surface area contributed by atoms with Crippen LogP contribution in [0.1, 0.15) is 6.42 Å². The Bertz CT molecular complexity index is 537. The maximum atomic E-state index is 11.9. The molecular weight excluding hydrogens is 373 g/mol. The van der Waals surface area contributed by atoms with Crippen molar-refractivity contribution in [1.82, 2.24) is 4.90 Å². The zero-order valence-corrected chi connectivity index (χ0v) is 13.0. The number of carboxylic acids is 1. The molecule has 20 heavy (non-hydrogen) atoms. The molecule has 0 radical (unpaired) electrons. The Kier molecular flexibility index (Phi) is 4.61. The van der Waals surface area contributed by atoms with Gasteiger partial charge in [0.1, 0.15) is 5.54 Å². The van der Waals surface area contributed by atoms with Crippen molar-refractivity contribution in [3.8, 4) is 0 Å². The molecule has 1 aliphatic heterocycles. The van der Waals surface area contributed by atoms with Crippen LogP contribution in [0, 0.1) is 3.57 Å². The number of anilines is 1. The van der Waals surface area contributed by atoms with Gasteiger partial charge in [-0.25, -0.2) is 0 Å². The molecule has 0 spiro atoms. The monoisotopic (exact) mass is 389 g/mol. The van der Waals surface area contributed by atoms with E-state index in [4.69, 9.17) is 10.8 Å². The smallest absolute Gasteiger partial charge is 0.325 e. The van der Waals surface area contributed by atoms with Crippen molar-refractivity contribution in [3.63, 3.8) is 0 Å². The number of aliphatic carboxylic acids is 1. The van der Waals surface area contributed by atoms with E-state index in [-0.39, 0.29) is 19.0 Å². The molecule has 0 saturated carbocycles. The van der Waals surface area contributed by atoms with E-state index in [2.05, 4.69) is 27.9 Å². The van der Waals surface area contributed by atoms with Gasteiger partial charge in [-0.15, -0.1) is 0 Å². The van der Waals surface area contributed by atoms with Gasteiger partial charge in [-0.1, -0.05) is 6.07 Å². The molecule has 1 saturated heterocycles. The normalized spacial score (nSPS) is 22.7. The van der Waals surface area contributed by atoms with E-state index >= 15 is 0 Å². The fourth-order valence-electron chi connectivity index (χ4n) is 2.19. The lowest BCUT2D eigenvalue weighted by atomic mass is 10.0. The molecule has 2 rings (SSSR count). The summed E-state index contributed by atoms with van der Waals surface area (Å²) < 4.78 is 1.04. The highest BCUT2D eigenvalue weighted by molar-refractivity contribution is 14.1. The lowest BCUT2D eigenvalue weighted by Crippen LogP contribution is -2.50. The second-order valence-electron chi connectivity index (χ2n) is 4.98. The lowest BCUT2D eigenvalue weighted by molar-refractivity contribution is -0.143. The molecule has 1 unspecified atom stereocenters. The number of rotatable bonds is 4. The summed E-state index contributed by atoms with van der Waals surface area (Å²) in [4.78, 5) is 24.7. The van der Waals surface area contributed by atoms with Crippen LogP contribution in [0.3, 0.4) is 0 Å². The third kappa shape index (κ3) is 3.68. The molecule has 1 amide bonds. The molecule has 1 aliphatic rings. The second kappa shape index (κ2) is 6.06. The first-order valence-electron chi connectivity index (χ1n) is 6.19. The maximum Gasteiger partial charge on any atom is 0.325 e. The molecule has 1 aromatic rings. The molecule has 7 heteroatoms. The van der Waals surface area contributed by atoms with E-state index < -0.39 is 11.5 Å². The van der Waals surface area contributed by atoms with Gasteiger partial charge in [0.15, 0.2) is 0 Å². The molecule has 1 aromatic carbocycles. The van der Waals surface area contributed by atoms with Crippen molar-refractivity contribution in [2.75, 3.05) is 25.0 Å². The number of nitrogens with zero attached hydrogens (tertiary/aromatic N) is 1. The van der Waals surface area contributed by atoms with E-state index in [1.807, 2.05) is 24.3 Å². The number of benzene rings is 1. The van der Waals surface area contributed by atoms with E-state index in [0.29, 0.717) is 13.0 Å². The minimum atomic E-state index is -1.23. The molecule has 6 nitrogen and oxygen atoms in total. The Hall–Kier alpha value is -1.19. The fraction of sp³-hybridized carbons (Fsp3) is 0.385. The standard InChI is InChI=1S/C13H16IN3O3/c14-9-2-1-3-10(6-9)16-11(18)7-17-5-4-13(15,8-17)12(19)20/h1-3,6H,4-5,7-8,15H2,(H,16,18)(H,19,20). The van der Waals surface area contributed by atoms with Gasteiger partial charge in [0, 0.05) is 22.3 Å². The molecular formula is C13H16IN3O3. The van der Waals surface area contributed by atoms with Crippen LogP contribution in [-0.4, -0.2) is 47.1 Å². The van der Waals surface area contributed by atoms with E-state index in [9.17, 15) is 9.59 Å². The summed E-state index contributed by atoms with van der Waals surface area (Å²) >= 11 is 2.17. The highest BCUT2D eigenvalue weighted by Gasteiger charge is 2.41. The highest BCUT2D eigenvalue weighted by Crippen LogP contribution is 2.19. The molecule has 0 bridgehead atoms. The quantitative estimate of drug-likeness (QED) is 0.660. The topological polar surface area (TPSA) is 95.7 Å². The average molecular weight is 389 g/mol. The Morgan fingerprint density at radius 1 is 1.50 bits per heavy atom. The Morgan fingerprint density at radius 2 is 2.25 bits per heavy atom. The number of carbonyl (C=O) groups excluding carboxylic acids is 1. The Morgan fingerprint density at radius 3 is 2.85 bits per heavy atom. The van der Waals surface area contributed by atoms with Crippen LogP contribution in [0.25, 0.3) is 0 Å². The Labute approximate surface area is 130 Å². The summed E-state index contributed by atoms with van der Waals surface area (Å²) in [6.07, 6.45) is 0.360. The first kappa shape index (κ1) is 15.2. The highest BCUT2D eigenvalue weighted by atomic mass is 127. The minimum absolute atomic E-state index is 0.150. The largest absolute Gasteiger partial charge is 0.480 e. The van der Waals surface area contributed by atoms with Gasteiger partial charge in [0.2, 0.25) is 5.91 Å². The van der Waals surface area contributed by atoms with E-state index in [1.54, 1.807) is 4.90 Å². The van der Waals surface area contributed by atoms with Crippen molar-refractivity contribution in [1.29, 1.82) is 0 Å². The predicted molar refractivity (Wildman–Crippen MR) is 83.4 cm³/mol. The number of likely N-dealkylation sites (tertiary alicyclic amines) is 1. The number of hydrogen-bond donors (Lipinski definition) is 3. The van der Waals surface area contributed by atoms with Gasteiger partial charge in [-0.3, -0.25) is 14.5 Å².